The van der Waals surface area contributed by atoms with Gasteiger partial charge in [-0.2, -0.15) is 0 Å². The quantitative estimate of drug-likeness (QED) is 0.845. The highest BCUT2D eigenvalue weighted by molar-refractivity contribution is 5.64. The number of piperidine rings is 1. The molecule has 0 bridgehead atoms. The van der Waals surface area contributed by atoms with Gasteiger partial charge in [0.1, 0.15) is 0 Å². The van der Waals surface area contributed by atoms with E-state index in [1.54, 1.807) is 17.0 Å². The van der Waals surface area contributed by atoms with Crippen molar-refractivity contribution < 1.29 is 0 Å². The normalized spacial score (nSPS) is 17.2. The topological polar surface area (TPSA) is 66.8 Å². The van der Waals surface area contributed by atoms with E-state index in [0.29, 0.717) is 11.3 Å². The molecule has 0 aromatic carbocycles. The van der Waals surface area contributed by atoms with Gasteiger partial charge < -0.3 is 4.90 Å². The fourth-order valence-electron chi connectivity index (χ4n) is 2.44. The summed E-state index contributed by atoms with van der Waals surface area (Å²) in [6.07, 6.45) is 5.19. The Balaban J connectivity index is 0.000000637. The van der Waals surface area contributed by atoms with Crippen LogP contribution in [0, 0.1) is 0 Å². The minimum Gasteiger partial charge on any atom is -0.306 e. The van der Waals surface area contributed by atoms with Gasteiger partial charge >= 0.3 is 5.69 Å². The molecular formula is C13H21N5O. The molecule has 0 radical (unpaired) electrons. The molecule has 19 heavy (non-hydrogen) atoms. The van der Waals surface area contributed by atoms with E-state index in [1.807, 2.05) is 13.8 Å². The number of rotatable bonds is 1. The summed E-state index contributed by atoms with van der Waals surface area (Å²) in [5.41, 5.74) is 1.16. The Morgan fingerprint density at radius 1 is 1.21 bits per heavy atom. The SMILES string of the molecule is CC.CN1CCC(n2c(=O)[nH]c3nccnc32)CC1. The standard InChI is InChI=1S/C11H15N5O.C2H6/c1-15-6-2-8(3-7-15)16-10-9(14-11(16)17)12-4-5-13-10;1-2/h4-5,8H,2-3,6-7H2,1H3,(H,12,14,17);1-2H3. The van der Waals surface area contributed by atoms with Crippen molar-refractivity contribution in [2.75, 3.05) is 20.1 Å². The maximum Gasteiger partial charge on any atom is 0.329 e. The summed E-state index contributed by atoms with van der Waals surface area (Å²) in [5, 5.41) is 0. The minimum absolute atomic E-state index is 0.0965. The summed E-state index contributed by atoms with van der Waals surface area (Å²) in [6, 6.07) is 0.240. The first-order valence-corrected chi connectivity index (χ1v) is 6.85. The van der Waals surface area contributed by atoms with Gasteiger partial charge in [0.15, 0.2) is 11.3 Å². The molecule has 1 aliphatic rings. The molecule has 0 amide bonds. The smallest absolute Gasteiger partial charge is 0.306 e. The highest BCUT2D eigenvalue weighted by atomic mass is 16.1. The Hall–Kier alpha value is -1.69. The third-order valence-electron chi connectivity index (χ3n) is 3.40. The predicted octanol–water partition coefficient (Wildman–Crippen LogP) is 1.41. The van der Waals surface area contributed by atoms with E-state index >= 15 is 0 Å². The van der Waals surface area contributed by atoms with Crippen LogP contribution in [0.1, 0.15) is 32.7 Å². The van der Waals surface area contributed by atoms with Crippen molar-refractivity contribution >= 4 is 11.3 Å². The van der Waals surface area contributed by atoms with Crippen LogP contribution in [0.15, 0.2) is 17.2 Å². The number of aromatic amines is 1. The molecule has 1 saturated heterocycles. The monoisotopic (exact) mass is 263 g/mol. The summed E-state index contributed by atoms with van der Waals surface area (Å²) >= 11 is 0. The van der Waals surface area contributed by atoms with E-state index in [4.69, 9.17) is 0 Å². The van der Waals surface area contributed by atoms with Gasteiger partial charge in [-0.15, -0.1) is 0 Å². The number of nitrogens with one attached hydrogen (secondary N) is 1. The second-order valence-electron chi connectivity index (χ2n) is 4.56. The lowest BCUT2D eigenvalue weighted by Gasteiger charge is -2.29. The van der Waals surface area contributed by atoms with Crippen LogP contribution in [-0.2, 0) is 0 Å². The number of hydrogen-bond acceptors (Lipinski definition) is 4. The van der Waals surface area contributed by atoms with Crippen LogP contribution in [0.5, 0.6) is 0 Å². The van der Waals surface area contributed by atoms with Crippen molar-refractivity contribution in [3.63, 3.8) is 0 Å². The highest BCUT2D eigenvalue weighted by Gasteiger charge is 2.22. The van der Waals surface area contributed by atoms with Gasteiger partial charge in [-0.1, -0.05) is 13.8 Å². The largest absolute Gasteiger partial charge is 0.329 e. The van der Waals surface area contributed by atoms with Crippen molar-refractivity contribution in [3.8, 4) is 0 Å². The van der Waals surface area contributed by atoms with Gasteiger partial charge in [0.25, 0.3) is 0 Å². The second-order valence-corrected chi connectivity index (χ2v) is 4.56. The number of aromatic nitrogens is 4. The predicted molar refractivity (Wildman–Crippen MR) is 75.3 cm³/mol. The molecule has 3 rings (SSSR count). The van der Waals surface area contributed by atoms with E-state index in [-0.39, 0.29) is 11.7 Å². The maximum absolute atomic E-state index is 11.9. The van der Waals surface area contributed by atoms with Gasteiger partial charge in [0, 0.05) is 18.4 Å². The number of likely N-dealkylation sites (tertiary alicyclic amines) is 1. The third-order valence-corrected chi connectivity index (χ3v) is 3.40. The van der Waals surface area contributed by atoms with E-state index in [1.165, 1.54) is 0 Å². The van der Waals surface area contributed by atoms with Crippen LogP contribution in [-0.4, -0.2) is 44.6 Å². The molecular weight excluding hydrogens is 242 g/mol. The molecule has 0 atom stereocenters. The zero-order valence-electron chi connectivity index (χ0n) is 11.8. The van der Waals surface area contributed by atoms with Crippen LogP contribution in [0.4, 0.5) is 0 Å². The van der Waals surface area contributed by atoms with Gasteiger partial charge in [-0.05, 0) is 33.0 Å². The van der Waals surface area contributed by atoms with Crippen molar-refractivity contribution in [1.29, 1.82) is 0 Å². The lowest BCUT2D eigenvalue weighted by atomic mass is 10.1. The van der Waals surface area contributed by atoms with Gasteiger partial charge in [-0.3, -0.25) is 9.55 Å². The van der Waals surface area contributed by atoms with Gasteiger partial charge in [0.2, 0.25) is 0 Å². The van der Waals surface area contributed by atoms with Crippen molar-refractivity contribution in [2.45, 2.75) is 32.7 Å². The summed E-state index contributed by atoms with van der Waals surface area (Å²) in [5.74, 6) is 0. The van der Waals surface area contributed by atoms with Crippen LogP contribution in [0.3, 0.4) is 0 Å². The first-order valence-electron chi connectivity index (χ1n) is 6.85. The number of imidazole rings is 1. The summed E-state index contributed by atoms with van der Waals surface area (Å²) < 4.78 is 1.76. The summed E-state index contributed by atoms with van der Waals surface area (Å²) in [6.45, 7) is 6.04. The fourth-order valence-corrected chi connectivity index (χ4v) is 2.44. The summed E-state index contributed by atoms with van der Waals surface area (Å²) in [7, 11) is 2.11. The minimum atomic E-state index is -0.0965. The van der Waals surface area contributed by atoms with Crippen LogP contribution < -0.4 is 5.69 Å². The van der Waals surface area contributed by atoms with Crippen LogP contribution in [0.25, 0.3) is 11.3 Å². The number of H-pyrrole nitrogens is 1. The third kappa shape index (κ3) is 2.68. The first kappa shape index (κ1) is 13.7. The number of nitrogens with zero attached hydrogens (tertiary/aromatic N) is 4. The van der Waals surface area contributed by atoms with Gasteiger partial charge in [0.05, 0.1) is 0 Å². The molecule has 1 N–H and O–H groups in total. The average Bonchev–Trinajstić information content (AvgIpc) is 2.78. The zero-order chi connectivity index (χ0) is 13.8. The van der Waals surface area contributed by atoms with Crippen LogP contribution in [0.2, 0.25) is 0 Å². The Bertz CT molecular complexity index is 580. The lowest BCUT2D eigenvalue weighted by Crippen LogP contribution is -2.34. The lowest BCUT2D eigenvalue weighted by molar-refractivity contribution is 0.221. The Morgan fingerprint density at radius 3 is 2.53 bits per heavy atom. The van der Waals surface area contributed by atoms with E-state index in [2.05, 4.69) is 26.9 Å². The Kier molecular flexibility index (Phi) is 4.31. The Labute approximate surface area is 112 Å². The van der Waals surface area contributed by atoms with E-state index in [0.717, 1.165) is 25.9 Å². The second kappa shape index (κ2) is 5.97. The average molecular weight is 263 g/mol. The molecule has 1 aliphatic heterocycles. The molecule has 2 aromatic heterocycles. The molecule has 1 fully saturated rings. The molecule has 0 aliphatic carbocycles. The number of fused-ring (bicyclic) bond motifs is 1. The molecule has 6 heteroatoms. The van der Waals surface area contributed by atoms with Gasteiger partial charge in [-0.25, -0.2) is 14.8 Å². The molecule has 0 saturated carbocycles. The first-order chi connectivity index (χ1) is 9.25. The fraction of sp³-hybridized carbons (Fsp3) is 0.615. The van der Waals surface area contributed by atoms with Crippen LogP contribution >= 0.6 is 0 Å². The van der Waals surface area contributed by atoms with Crippen molar-refractivity contribution in [1.82, 2.24) is 24.4 Å². The molecule has 2 aromatic rings. The Morgan fingerprint density at radius 2 is 1.84 bits per heavy atom. The van der Waals surface area contributed by atoms with Crippen molar-refractivity contribution in [2.24, 2.45) is 0 Å². The van der Waals surface area contributed by atoms with E-state index < -0.39 is 0 Å². The maximum atomic E-state index is 11.9. The summed E-state index contributed by atoms with van der Waals surface area (Å²) in [4.78, 5) is 25.3. The highest BCUT2D eigenvalue weighted by Crippen LogP contribution is 2.22. The number of hydrogen-bond donors (Lipinski definition) is 1. The zero-order valence-corrected chi connectivity index (χ0v) is 11.8. The molecule has 0 spiro atoms. The van der Waals surface area contributed by atoms with E-state index in [9.17, 15) is 4.79 Å². The van der Waals surface area contributed by atoms with Crippen molar-refractivity contribution in [3.05, 3.63) is 22.9 Å². The molecule has 104 valence electrons. The molecule has 3 heterocycles. The molecule has 0 unspecified atom stereocenters. The molecule has 6 nitrogen and oxygen atoms in total.